The topological polar surface area (TPSA) is 72.8 Å². The van der Waals surface area contributed by atoms with Crippen LogP contribution in [0.25, 0.3) is 0 Å². The molecule has 1 atom stereocenters. The smallest absolute Gasteiger partial charge is 0.191 e. The first-order valence-electron chi connectivity index (χ1n) is 9.83. The summed E-state index contributed by atoms with van der Waals surface area (Å²) in [5, 5.41) is 13.8. The maximum Gasteiger partial charge on any atom is 0.191 e. The molecule has 0 aromatic rings. The molecule has 0 rings (SSSR count). The second-order valence-electron chi connectivity index (χ2n) is 7.71. The number of hydrogen-bond acceptors (Lipinski definition) is 2. The van der Waals surface area contributed by atoms with Gasteiger partial charge in [-0.2, -0.15) is 0 Å². The van der Waals surface area contributed by atoms with E-state index in [0.29, 0.717) is 18.1 Å². The highest BCUT2D eigenvalue weighted by Crippen LogP contribution is 1.98. The van der Waals surface area contributed by atoms with E-state index in [2.05, 4.69) is 93.6 Å². The van der Waals surface area contributed by atoms with Gasteiger partial charge in [-0.05, 0) is 68.2 Å². The van der Waals surface area contributed by atoms with Crippen LogP contribution in [0.1, 0.15) is 75.2 Å². The van der Waals surface area contributed by atoms with E-state index in [9.17, 15) is 0 Å². The summed E-state index contributed by atoms with van der Waals surface area (Å²) < 4.78 is 0. The van der Waals surface area contributed by atoms with Crippen LogP contribution in [0.15, 0.2) is 9.98 Å². The molecule has 0 fully saturated rings. The van der Waals surface area contributed by atoms with Crippen molar-refractivity contribution in [3.63, 3.8) is 0 Å². The van der Waals surface area contributed by atoms with Crippen molar-refractivity contribution >= 4 is 11.9 Å². The molecule has 4 N–H and O–H groups in total. The van der Waals surface area contributed by atoms with Crippen molar-refractivity contribution in [3.05, 3.63) is 0 Å². The maximum atomic E-state index is 4.66. The predicted molar refractivity (Wildman–Crippen MR) is 112 cm³/mol. The van der Waals surface area contributed by atoms with Crippen LogP contribution in [0.2, 0.25) is 0 Å². The predicted octanol–water partition coefficient (Wildman–Crippen LogP) is 2.86. The Morgan fingerprint density at radius 2 is 1.20 bits per heavy atom. The second kappa shape index (κ2) is 12.8. The van der Waals surface area contributed by atoms with Crippen LogP contribution in [-0.4, -0.2) is 48.7 Å². The zero-order chi connectivity index (χ0) is 19.4. The van der Waals surface area contributed by atoms with Gasteiger partial charge in [0.1, 0.15) is 0 Å². The number of guanidine groups is 2. The van der Waals surface area contributed by atoms with E-state index in [0.717, 1.165) is 31.3 Å². The van der Waals surface area contributed by atoms with Crippen molar-refractivity contribution < 1.29 is 0 Å². The van der Waals surface area contributed by atoms with Crippen molar-refractivity contribution in [2.24, 2.45) is 9.98 Å². The van der Waals surface area contributed by atoms with Crippen LogP contribution in [0.5, 0.6) is 0 Å². The third-order valence-electron chi connectivity index (χ3n) is 3.24. The lowest BCUT2D eigenvalue weighted by Crippen LogP contribution is -2.48. The maximum absolute atomic E-state index is 4.66. The Morgan fingerprint density at radius 3 is 1.64 bits per heavy atom. The minimum absolute atomic E-state index is 0.268. The molecule has 25 heavy (non-hydrogen) atoms. The Balaban J connectivity index is 4.65. The zero-order valence-corrected chi connectivity index (χ0v) is 17.9. The van der Waals surface area contributed by atoms with Gasteiger partial charge in [0.2, 0.25) is 0 Å². The van der Waals surface area contributed by atoms with Crippen LogP contribution in [0.3, 0.4) is 0 Å². The monoisotopic (exact) mass is 354 g/mol. The molecular weight excluding hydrogens is 312 g/mol. The highest BCUT2D eigenvalue weighted by atomic mass is 15.2. The molecule has 1 unspecified atom stereocenters. The van der Waals surface area contributed by atoms with Crippen LogP contribution in [0, 0.1) is 0 Å². The van der Waals surface area contributed by atoms with Crippen molar-refractivity contribution in [3.8, 4) is 0 Å². The van der Waals surface area contributed by atoms with E-state index in [1.54, 1.807) is 0 Å². The molecule has 0 saturated heterocycles. The minimum Gasteiger partial charge on any atom is -0.356 e. The van der Waals surface area contributed by atoms with E-state index in [1.165, 1.54) is 0 Å². The van der Waals surface area contributed by atoms with Gasteiger partial charge in [0.05, 0.1) is 0 Å². The summed E-state index contributed by atoms with van der Waals surface area (Å²) in [6, 6.07) is 1.64. The van der Waals surface area contributed by atoms with Gasteiger partial charge in [0.25, 0.3) is 0 Å². The number of hydrogen-bond donors (Lipinski definition) is 4. The van der Waals surface area contributed by atoms with Crippen LogP contribution in [-0.2, 0) is 0 Å². The summed E-state index contributed by atoms with van der Waals surface area (Å²) in [6.45, 7) is 20.0. The molecule has 0 aliphatic rings. The number of aliphatic imine (C=N–C) groups is 2. The van der Waals surface area contributed by atoms with Crippen molar-refractivity contribution in [2.45, 2.75) is 105 Å². The van der Waals surface area contributed by atoms with Crippen LogP contribution < -0.4 is 21.3 Å². The lowest BCUT2D eigenvalue weighted by atomic mass is 10.1. The summed E-state index contributed by atoms with van der Waals surface area (Å²) in [6.07, 6.45) is 2.05. The van der Waals surface area contributed by atoms with Crippen molar-refractivity contribution in [1.29, 1.82) is 0 Å². The average Bonchev–Trinajstić information content (AvgIpc) is 2.43. The standard InChI is InChI=1S/C19H42N6/c1-10-17(25-19(23-15(6)7)24-16(8)9)11-12-20-18(21-13(2)3)22-14(4)5/h13-17H,10-12H2,1-9H3,(H2,20,21,22)(H2,23,24,25). The van der Waals surface area contributed by atoms with Gasteiger partial charge in [-0.3, -0.25) is 9.98 Å². The van der Waals surface area contributed by atoms with E-state index in [-0.39, 0.29) is 12.1 Å². The van der Waals surface area contributed by atoms with Gasteiger partial charge in [0, 0.05) is 36.8 Å². The van der Waals surface area contributed by atoms with Gasteiger partial charge in [-0.15, -0.1) is 0 Å². The first-order valence-corrected chi connectivity index (χ1v) is 9.83. The van der Waals surface area contributed by atoms with Crippen LogP contribution >= 0.6 is 0 Å². The first-order chi connectivity index (χ1) is 11.6. The molecule has 0 saturated carbocycles. The quantitative estimate of drug-likeness (QED) is 0.379. The fraction of sp³-hybridized carbons (Fsp3) is 0.895. The van der Waals surface area contributed by atoms with Gasteiger partial charge in [0.15, 0.2) is 11.9 Å². The summed E-state index contributed by atoms with van der Waals surface area (Å²) in [7, 11) is 0. The van der Waals surface area contributed by atoms with Gasteiger partial charge >= 0.3 is 0 Å². The van der Waals surface area contributed by atoms with E-state index >= 15 is 0 Å². The molecule has 0 radical (unpaired) electrons. The van der Waals surface area contributed by atoms with Gasteiger partial charge < -0.3 is 21.3 Å². The molecule has 0 aromatic heterocycles. The zero-order valence-electron chi connectivity index (χ0n) is 17.9. The van der Waals surface area contributed by atoms with E-state index in [1.807, 2.05) is 0 Å². The lowest BCUT2D eigenvalue weighted by Gasteiger charge is -2.23. The Kier molecular flexibility index (Phi) is 12.1. The van der Waals surface area contributed by atoms with Crippen molar-refractivity contribution in [1.82, 2.24) is 21.3 Å². The summed E-state index contributed by atoms with van der Waals surface area (Å²) in [5.74, 6) is 1.78. The Morgan fingerprint density at radius 1 is 0.720 bits per heavy atom. The molecule has 0 amide bonds. The fourth-order valence-corrected chi connectivity index (χ4v) is 2.25. The third kappa shape index (κ3) is 13.5. The number of nitrogens with zero attached hydrogens (tertiary/aromatic N) is 2. The van der Waals surface area contributed by atoms with Gasteiger partial charge in [-0.25, -0.2) is 0 Å². The molecule has 148 valence electrons. The largest absolute Gasteiger partial charge is 0.356 e. The SMILES string of the molecule is CCC(CCNC(=NC(C)C)NC(C)C)NC(=NC(C)C)NC(C)C. The molecular formula is C19H42N6. The lowest BCUT2D eigenvalue weighted by molar-refractivity contribution is 0.520. The summed E-state index contributed by atoms with van der Waals surface area (Å²) in [4.78, 5) is 9.28. The second-order valence-corrected chi connectivity index (χ2v) is 7.71. The highest BCUT2D eigenvalue weighted by molar-refractivity contribution is 5.81. The van der Waals surface area contributed by atoms with E-state index in [4.69, 9.17) is 0 Å². The Labute approximate surface area is 155 Å². The molecule has 6 nitrogen and oxygen atoms in total. The van der Waals surface area contributed by atoms with Gasteiger partial charge in [-0.1, -0.05) is 6.92 Å². The number of rotatable bonds is 9. The third-order valence-corrected chi connectivity index (χ3v) is 3.24. The molecule has 0 spiro atoms. The molecule has 0 bridgehead atoms. The van der Waals surface area contributed by atoms with Crippen LogP contribution in [0.4, 0.5) is 0 Å². The fourth-order valence-electron chi connectivity index (χ4n) is 2.25. The molecule has 6 heteroatoms. The molecule has 0 aromatic carbocycles. The Hall–Kier alpha value is -1.46. The summed E-state index contributed by atoms with van der Waals surface area (Å²) in [5.41, 5.74) is 0. The Bertz CT molecular complexity index is 399. The molecule has 0 heterocycles. The minimum atomic E-state index is 0.268. The normalized spacial score (nSPS) is 14.4. The average molecular weight is 355 g/mol. The van der Waals surface area contributed by atoms with Crippen molar-refractivity contribution in [2.75, 3.05) is 6.54 Å². The molecule has 0 aliphatic carbocycles. The summed E-state index contributed by atoms with van der Waals surface area (Å²) >= 11 is 0. The molecule has 0 aliphatic heterocycles. The number of nitrogens with one attached hydrogen (secondary N) is 4. The first kappa shape index (κ1) is 23.5. The highest BCUT2D eigenvalue weighted by Gasteiger charge is 2.11. The van der Waals surface area contributed by atoms with E-state index < -0.39 is 0 Å².